The number of methoxy groups -OCH3 is 1. The lowest BCUT2D eigenvalue weighted by Crippen LogP contribution is -2.31. The SMILES string of the molecule is C=CCNC(=S)NN=Cc1ccc(OCc2cc(C)cc(C)c2)c(OC)c1. The van der Waals surface area contributed by atoms with Crippen molar-refractivity contribution in [2.45, 2.75) is 20.5 Å². The van der Waals surface area contributed by atoms with E-state index in [0.29, 0.717) is 29.8 Å². The summed E-state index contributed by atoms with van der Waals surface area (Å²) >= 11 is 5.07. The zero-order chi connectivity index (χ0) is 19.6. The number of hydrogen-bond donors (Lipinski definition) is 2. The second-order valence-corrected chi connectivity index (χ2v) is 6.47. The molecule has 0 spiro atoms. The molecule has 0 fully saturated rings. The van der Waals surface area contributed by atoms with Crippen LogP contribution in [0, 0.1) is 13.8 Å². The monoisotopic (exact) mass is 383 g/mol. The molecule has 0 bridgehead atoms. The third kappa shape index (κ3) is 6.75. The number of nitrogens with zero attached hydrogens (tertiary/aromatic N) is 1. The van der Waals surface area contributed by atoms with Gasteiger partial charge in [-0.05, 0) is 55.4 Å². The highest BCUT2D eigenvalue weighted by Crippen LogP contribution is 2.28. The van der Waals surface area contributed by atoms with Gasteiger partial charge in [-0.2, -0.15) is 5.10 Å². The van der Waals surface area contributed by atoms with Crippen LogP contribution in [-0.4, -0.2) is 25.0 Å². The van der Waals surface area contributed by atoms with Gasteiger partial charge in [0.25, 0.3) is 0 Å². The van der Waals surface area contributed by atoms with Gasteiger partial charge in [0, 0.05) is 6.54 Å². The quantitative estimate of drug-likeness (QED) is 0.314. The molecule has 0 aromatic heterocycles. The smallest absolute Gasteiger partial charge is 0.187 e. The fourth-order valence-electron chi connectivity index (χ4n) is 2.57. The van der Waals surface area contributed by atoms with Crippen molar-refractivity contribution >= 4 is 23.5 Å². The molecular formula is C21H25N3O2S. The average molecular weight is 384 g/mol. The second kappa shape index (κ2) is 10.3. The molecule has 0 amide bonds. The Hall–Kier alpha value is -2.86. The average Bonchev–Trinajstić information content (AvgIpc) is 2.64. The highest BCUT2D eigenvalue weighted by atomic mass is 32.1. The van der Waals surface area contributed by atoms with Crippen LogP contribution in [0.3, 0.4) is 0 Å². The summed E-state index contributed by atoms with van der Waals surface area (Å²) in [5.41, 5.74) is 7.18. The van der Waals surface area contributed by atoms with Gasteiger partial charge in [-0.1, -0.05) is 35.4 Å². The maximum absolute atomic E-state index is 5.94. The summed E-state index contributed by atoms with van der Waals surface area (Å²) in [5.74, 6) is 1.33. The molecule has 142 valence electrons. The summed E-state index contributed by atoms with van der Waals surface area (Å²) < 4.78 is 11.4. The van der Waals surface area contributed by atoms with E-state index in [4.69, 9.17) is 21.7 Å². The van der Waals surface area contributed by atoms with Crippen LogP contribution in [0.5, 0.6) is 11.5 Å². The summed E-state index contributed by atoms with van der Waals surface area (Å²) in [7, 11) is 1.62. The Bertz CT molecular complexity index is 814. The van der Waals surface area contributed by atoms with E-state index in [9.17, 15) is 0 Å². The summed E-state index contributed by atoms with van der Waals surface area (Å²) in [6, 6.07) is 12.0. The molecule has 0 saturated carbocycles. The number of aryl methyl sites for hydroxylation is 2. The number of ether oxygens (including phenoxy) is 2. The highest BCUT2D eigenvalue weighted by Gasteiger charge is 2.06. The molecule has 2 aromatic carbocycles. The molecule has 0 aliphatic heterocycles. The van der Waals surface area contributed by atoms with Crippen LogP contribution >= 0.6 is 12.2 Å². The van der Waals surface area contributed by atoms with Gasteiger partial charge in [-0.15, -0.1) is 6.58 Å². The van der Waals surface area contributed by atoms with Gasteiger partial charge in [0.2, 0.25) is 0 Å². The predicted octanol–water partition coefficient (Wildman–Crippen LogP) is 3.88. The van der Waals surface area contributed by atoms with Gasteiger partial charge in [-0.3, -0.25) is 5.43 Å². The number of thiocarbonyl (C=S) groups is 1. The summed E-state index contributed by atoms with van der Waals surface area (Å²) in [4.78, 5) is 0. The first kappa shape index (κ1) is 20.5. The first-order valence-corrected chi connectivity index (χ1v) is 8.98. The van der Waals surface area contributed by atoms with E-state index in [1.165, 1.54) is 11.1 Å². The molecular weight excluding hydrogens is 358 g/mol. The molecule has 0 saturated heterocycles. The Morgan fingerprint density at radius 3 is 2.56 bits per heavy atom. The van der Waals surface area contributed by atoms with Crippen molar-refractivity contribution in [1.82, 2.24) is 10.7 Å². The number of rotatable bonds is 8. The zero-order valence-corrected chi connectivity index (χ0v) is 16.7. The lowest BCUT2D eigenvalue weighted by atomic mass is 10.1. The normalized spacial score (nSPS) is 10.5. The molecule has 6 heteroatoms. The Morgan fingerprint density at radius 1 is 1.15 bits per heavy atom. The summed E-state index contributed by atoms with van der Waals surface area (Å²) in [6.45, 7) is 8.85. The van der Waals surface area contributed by atoms with E-state index in [1.54, 1.807) is 19.4 Å². The number of hydrazone groups is 1. The molecule has 5 nitrogen and oxygen atoms in total. The minimum atomic E-state index is 0.437. The van der Waals surface area contributed by atoms with E-state index in [0.717, 1.165) is 11.1 Å². The fraction of sp³-hybridized carbons (Fsp3) is 0.238. The van der Waals surface area contributed by atoms with Crippen molar-refractivity contribution in [3.63, 3.8) is 0 Å². The summed E-state index contributed by atoms with van der Waals surface area (Å²) in [5, 5.41) is 7.47. The molecule has 0 radical (unpaired) electrons. The Balaban J connectivity index is 2.00. The Kier molecular flexibility index (Phi) is 7.82. The van der Waals surface area contributed by atoms with Gasteiger partial charge in [-0.25, -0.2) is 0 Å². The second-order valence-electron chi connectivity index (χ2n) is 6.06. The maximum Gasteiger partial charge on any atom is 0.187 e. The minimum absolute atomic E-state index is 0.437. The third-order valence-corrected chi connectivity index (χ3v) is 3.89. The number of benzene rings is 2. The predicted molar refractivity (Wildman–Crippen MR) is 115 cm³/mol. The molecule has 0 unspecified atom stereocenters. The van der Waals surface area contributed by atoms with Crippen LogP contribution in [0.4, 0.5) is 0 Å². The van der Waals surface area contributed by atoms with Crippen molar-refractivity contribution in [2.75, 3.05) is 13.7 Å². The molecule has 27 heavy (non-hydrogen) atoms. The van der Waals surface area contributed by atoms with E-state index in [2.05, 4.69) is 54.5 Å². The number of nitrogens with one attached hydrogen (secondary N) is 2. The Labute approximate surface area is 166 Å². The molecule has 0 heterocycles. The molecule has 2 rings (SSSR count). The van der Waals surface area contributed by atoms with E-state index >= 15 is 0 Å². The lowest BCUT2D eigenvalue weighted by Gasteiger charge is -2.12. The van der Waals surface area contributed by atoms with Crippen molar-refractivity contribution in [1.29, 1.82) is 0 Å². The first-order chi connectivity index (χ1) is 13.0. The van der Waals surface area contributed by atoms with Crippen LogP contribution in [-0.2, 0) is 6.61 Å². The summed E-state index contributed by atoms with van der Waals surface area (Å²) in [6.07, 6.45) is 3.39. The molecule has 0 aliphatic rings. The van der Waals surface area contributed by atoms with E-state index in [1.807, 2.05) is 18.2 Å². The van der Waals surface area contributed by atoms with E-state index < -0.39 is 0 Å². The van der Waals surface area contributed by atoms with E-state index in [-0.39, 0.29) is 0 Å². The van der Waals surface area contributed by atoms with Crippen LogP contribution < -0.4 is 20.2 Å². The maximum atomic E-state index is 5.94. The molecule has 0 atom stereocenters. The molecule has 2 aromatic rings. The topological polar surface area (TPSA) is 54.9 Å². The van der Waals surface area contributed by atoms with Crippen molar-refractivity contribution in [2.24, 2.45) is 5.10 Å². The molecule has 2 N–H and O–H groups in total. The third-order valence-electron chi connectivity index (χ3n) is 3.65. The van der Waals surface area contributed by atoms with Crippen molar-refractivity contribution < 1.29 is 9.47 Å². The zero-order valence-electron chi connectivity index (χ0n) is 15.9. The van der Waals surface area contributed by atoms with Crippen molar-refractivity contribution in [3.8, 4) is 11.5 Å². The van der Waals surface area contributed by atoms with Crippen molar-refractivity contribution in [3.05, 3.63) is 71.3 Å². The Morgan fingerprint density at radius 2 is 1.89 bits per heavy atom. The van der Waals surface area contributed by atoms with Gasteiger partial charge in [0.1, 0.15) is 6.61 Å². The highest BCUT2D eigenvalue weighted by molar-refractivity contribution is 7.80. The number of hydrogen-bond acceptors (Lipinski definition) is 4. The van der Waals surface area contributed by atoms with Crippen LogP contribution in [0.2, 0.25) is 0 Å². The van der Waals surface area contributed by atoms with Crippen LogP contribution in [0.15, 0.2) is 54.2 Å². The van der Waals surface area contributed by atoms with Gasteiger partial charge < -0.3 is 14.8 Å². The lowest BCUT2D eigenvalue weighted by molar-refractivity contribution is 0.284. The van der Waals surface area contributed by atoms with Gasteiger partial charge in [0.05, 0.1) is 13.3 Å². The van der Waals surface area contributed by atoms with Crippen LogP contribution in [0.1, 0.15) is 22.3 Å². The van der Waals surface area contributed by atoms with Gasteiger partial charge in [0.15, 0.2) is 16.6 Å². The minimum Gasteiger partial charge on any atom is -0.493 e. The molecule has 0 aliphatic carbocycles. The van der Waals surface area contributed by atoms with Crippen LogP contribution in [0.25, 0.3) is 0 Å². The largest absolute Gasteiger partial charge is 0.493 e. The standard InChI is InChI=1S/C21H25N3O2S/c1-5-8-22-21(27)24-23-13-17-6-7-19(20(12-17)25-4)26-14-18-10-15(2)9-16(3)11-18/h5-7,9-13H,1,8,14H2,2-4H3,(H2,22,24,27). The first-order valence-electron chi connectivity index (χ1n) is 8.57. The fourth-order valence-corrected chi connectivity index (χ4v) is 2.70. The van der Waals surface area contributed by atoms with Gasteiger partial charge >= 0.3 is 0 Å².